The van der Waals surface area contributed by atoms with Crippen LogP contribution < -0.4 is 8.37 Å². The van der Waals surface area contributed by atoms with Gasteiger partial charge in [0, 0.05) is 5.56 Å². The largest absolute Gasteiger partial charge is 0.446 e. The van der Waals surface area contributed by atoms with Crippen LogP contribution in [0.3, 0.4) is 0 Å². The third-order valence-electron chi connectivity index (χ3n) is 15.6. The molecule has 3 N–H and O–H groups in total. The Kier molecular flexibility index (Phi) is 8.33. The fourth-order valence-electron chi connectivity index (χ4n) is 13.3. The number of hydrogen-bond acceptors (Lipinski definition) is 7. The topological polar surface area (TPSA) is 147 Å². The maximum Gasteiger partial charge on any atom is 0.446 e. The normalized spacial score (nSPS) is 44.7. The van der Waals surface area contributed by atoms with Crippen LogP contribution in [0.15, 0.2) is 18.2 Å². The fraction of sp³-hybridized carbons (Fsp3) is 0.833. The zero-order valence-electron chi connectivity index (χ0n) is 29.2. The van der Waals surface area contributed by atoms with Gasteiger partial charge in [-0.2, -0.15) is 16.8 Å². The summed E-state index contributed by atoms with van der Waals surface area (Å²) in [7, 11) is -9.65. The molecule has 5 aliphatic rings. The van der Waals surface area contributed by atoms with Gasteiger partial charge in [0.1, 0.15) is 11.5 Å². The van der Waals surface area contributed by atoms with E-state index in [-0.39, 0.29) is 44.5 Å². The average Bonchev–Trinajstić information content (AvgIpc) is 2.91. The zero-order valence-corrected chi connectivity index (χ0v) is 30.8. The molecule has 0 spiro atoms. The van der Waals surface area contributed by atoms with Crippen molar-refractivity contribution in [2.45, 2.75) is 131 Å². The quantitative estimate of drug-likeness (QED) is 0.253. The molecule has 0 saturated heterocycles. The van der Waals surface area contributed by atoms with E-state index in [0.29, 0.717) is 35.7 Å². The number of benzene rings is 1. The van der Waals surface area contributed by atoms with Gasteiger partial charge < -0.3 is 13.5 Å². The molecule has 6 rings (SSSR count). The molecule has 10 atom stereocenters. The lowest BCUT2D eigenvalue weighted by Crippen LogP contribution is -2.69. The molecule has 11 heteroatoms. The highest BCUT2D eigenvalue weighted by molar-refractivity contribution is 7.81. The Bertz CT molecular complexity index is 1620. The van der Waals surface area contributed by atoms with E-state index in [0.717, 1.165) is 64.2 Å². The summed E-state index contributed by atoms with van der Waals surface area (Å²) in [5.41, 5.74) is -0.321. The van der Waals surface area contributed by atoms with Crippen LogP contribution in [0, 0.1) is 56.7 Å². The van der Waals surface area contributed by atoms with Gasteiger partial charge in [-0.1, -0.05) is 54.9 Å². The molecule has 0 aliphatic heterocycles. The SMILES string of the molecule is C[C@H]1CC[C@]2(C)[C@H]3CC[C@@]4(C)[C@@H](CC[C@]5(O)[C@@H]4CCCC5(C)C)[C@]3(C)CC[C@H]2[C@]1(C)Cc1cc(OS(=O)(=O)O)ccc1OS(=O)(=O)O. The summed E-state index contributed by atoms with van der Waals surface area (Å²) in [5, 5.41) is 12.3. The Morgan fingerprint density at radius 2 is 1.23 bits per heavy atom. The van der Waals surface area contributed by atoms with E-state index in [1.807, 2.05) is 0 Å². The second kappa shape index (κ2) is 11.0. The maximum absolute atomic E-state index is 12.3. The van der Waals surface area contributed by atoms with Gasteiger partial charge in [-0.25, -0.2) is 0 Å². The second-order valence-electron chi connectivity index (χ2n) is 18.0. The highest BCUT2D eigenvalue weighted by atomic mass is 32.3. The Morgan fingerprint density at radius 1 is 0.702 bits per heavy atom. The molecule has 0 bridgehead atoms. The minimum atomic E-state index is -4.84. The molecule has 0 aromatic heterocycles. The number of fused-ring (bicyclic) bond motifs is 7. The number of rotatable bonds is 6. The summed E-state index contributed by atoms with van der Waals surface area (Å²) < 4.78 is 75.3. The minimum Gasteiger partial charge on any atom is -0.389 e. The third-order valence-corrected chi connectivity index (χ3v) is 16.4. The van der Waals surface area contributed by atoms with E-state index < -0.39 is 26.4 Å². The molecule has 0 heterocycles. The molecule has 1 aromatic carbocycles. The lowest BCUT2D eigenvalue weighted by molar-refractivity contribution is -0.271. The van der Waals surface area contributed by atoms with Gasteiger partial charge >= 0.3 is 20.8 Å². The van der Waals surface area contributed by atoms with E-state index in [1.165, 1.54) is 24.6 Å². The molecule has 5 saturated carbocycles. The monoisotopic (exact) mass is 696 g/mol. The molecular weight excluding hydrogens is 641 g/mol. The predicted octanol–water partition coefficient (Wildman–Crippen LogP) is 7.83. The Morgan fingerprint density at radius 3 is 1.85 bits per heavy atom. The first-order valence-electron chi connectivity index (χ1n) is 17.7. The van der Waals surface area contributed by atoms with E-state index in [2.05, 4.69) is 48.5 Å². The van der Waals surface area contributed by atoms with Crippen molar-refractivity contribution in [3.05, 3.63) is 23.8 Å². The lowest BCUT2D eigenvalue weighted by atomic mass is 9.32. The highest BCUT2D eigenvalue weighted by Crippen LogP contribution is 2.76. The van der Waals surface area contributed by atoms with E-state index in [1.54, 1.807) is 0 Å². The van der Waals surface area contributed by atoms with Crippen LogP contribution in [0.25, 0.3) is 0 Å². The average molecular weight is 697 g/mol. The van der Waals surface area contributed by atoms with E-state index in [4.69, 9.17) is 8.37 Å². The van der Waals surface area contributed by atoms with Crippen molar-refractivity contribution in [1.82, 2.24) is 0 Å². The molecular formula is C36H56O9S2. The smallest absolute Gasteiger partial charge is 0.389 e. The minimum absolute atomic E-state index is 0.0296. The van der Waals surface area contributed by atoms with Crippen molar-refractivity contribution in [2.75, 3.05) is 0 Å². The van der Waals surface area contributed by atoms with Gasteiger partial charge in [0.2, 0.25) is 0 Å². The van der Waals surface area contributed by atoms with Gasteiger partial charge in [0.25, 0.3) is 0 Å². The molecule has 0 unspecified atom stereocenters. The number of aliphatic hydroxyl groups is 1. The van der Waals surface area contributed by atoms with Crippen LogP contribution in [-0.2, 0) is 27.2 Å². The van der Waals surface area contributed by atoms with Gasteiger partial charge in [0.05, 0.1) is 5.60 Å². The summed E-state index contributed by atoms with van der Waals surface area (Å²) in [6.45, 7) is 16.6. The van der Waals surface area contributed by atoms with Crippen molar-refractivity contribution in [3.63, 3.8) is 0 Å². The first-order valence-corrected chi connectivity index (χ1v) is 20.4. The summed E-state index contributed by atoms with van der Waals surface area (Å²) in [6, 6.07) is 3.85. The molecule has 266 valence electrons. The van der Waals surface area contributed by atoms with E-state index >= 15 is 0 Å². The van der Waals surface area contributed by atoms with Crippen LogP contribution in [0.1, 0.15) is 125 Å². The first kappa shape index (κ1) is 35.4. The molecule has 9 nitrogen and oxygen atoms in total. The van der Waals surface area contributed by atoms with Crippen molar-refractivity contribution in [2.24, 2.45) is 56.7 Å². The van der Waals surface area contributed by atoms with Crippen molar-refractivity contribution in [1.29, 1.82) is 0 Å². The van der Waals surface area contributed by atoms with Crippen molar-refractivity contribution >= 4 is 20.8 Å². The molecule has 0 amide bonds. The van der Waals surface area contributed by atoms with Gasteiger partial charge in [-0.15, -0.1) is 0 Å². The van der Waals surface area contributed by atoms with Crippen LogP contribution >= 0.6 is 0 Å². The van der Waals surface area contributed by atoms with Crippen LogP contribution in [-0.4, -0.2) is 36.6 Å². The van der Waals surface area contributed by atoms with Crippen molar-refractivity contribution < 1.29 is 39.4 Å². The zero-order chi connectivity index (χ0) is 34.6. The third kappa shape index (κ3) is 5.56. The van der Waals surface area contributed by atoms with Gasteiger partial charge in [-0.3, -0.25) is 9.11 Å². The Hall–Kier alpha value is -1.40. The first-order chi connectivity index (χ1) is 21.5. The molecule has 47 heavy (non-hydrogen) atoms. The van der Waals surface area contributed by atoms with Crippen LogP contribution in [0.4, 0.5) is 0 Å². The molecule has 5 fully saturated rings. The highest BCUT2D eigenvalue weighted by Gasteiger charge is 2.70. The van der Waals surface area contributed by atoms with E-state index in [9.17, 15) is 31.0 Å². The lowest BCUT2D eigenvalue weighted by Gasteiger charge is -2.73. The van der Waals surface area contributed by atoms with Crippen LogP contribution in [0.2, 0.25) is 0 Å². The maximum atomic E-state index is 12.3. The fourth-order valence-corrected chi connectivity index (χ4v) is 14.1. The Balaban J connectivity index is 1.35. The van der Waals surface area contributed by atoms with Crippen LogP contribution in [0.5, 0.6) is 11.5 Å². The molecule has 5 aliphatic carbocycles. The van der Waals surface area contributed by atoms with Gasteiger partial charge in [-0.05, 0) is 145 Å². The predicted molar refractivity (Wildman–Crippen MR) is 180 cm³/mol. The summed E-state index contributed by atoms with van der Waals surface area (Å²) in [6.07, 6.45) is 12.2. The van der Waals surface area contributed by atoms with Crippen molar-refractivity contribution in [3.8, 4) is 11.5 Å². The van der Waals surface area contributed by atoms with Gasteiger partial charge in [0.15, 0.2) is 0 Å². The molecule has 1 aromatic rings. The summed E-state index contributed by atoms with van der Waals surface area (Å²) in [4.78, 5) is 0. The number of hydrogen-bond donors (Lipinski definition) is 3. The summed E-state index contributed by atoms with van der Waals surface area (Å²) in [5.74, 6) is 1.69. The molecule has 0 radical (unpaired) electrons. The standard InChI is InChI=1S/C36H56O9S2/c1-23-12-17-32(4)27-13-19-34(6)28(15-20-36(37)30(34)9-8-16-31(36,2)3)33(27,5)18-14-29(32)35(23,7)22-24-21-25(44-46(38,39)40)10-11-26(24)45-47(41,42)43/h10-11,21,23,27-30,37H,8-9,12-20,22H2,1-7H3,(H,38,39,40)(H,41,42,43)/t23-,27+,28-,29+,30+,32+,33+,34-,35+,36-/m0/s1. The second-order valence-corrected chi connectivity index (χ2v) is 20.0. The summed E-state index contributed by atoms with van der Waals surface area (Å²) >= 11 is 0. The Labute approximate surface area is 282 Å².